The number of ketones is 1. The van der Waals surface area contributed by atoms with Crippen molar-refractivity contribution < 1.29 is 18.3 Å². The summed E-state index contributed by atoms with van der Waals surface area (Å²) in [5.74, 6) is -1.06. The van der Waals surface area contributed by atoms with E-state index in [2.05, 4.69) is 20.1 Å². The van der Waals surface area contributed by atoms with Gasteiger partial charge in [0.15, 0.2) is 17.3 Å². The maximum atomic E-state index is 15.7. The van der Waals surface area contributed by atoms with Gasteiger partial charge in [-0.05, 0) is 105 Å². The number of benzene rings is 3. The van der Waals surface area contributed by atoms with Gasteiger partial charge in [-0.2, -0.15) is 5.10 Å². The fraction of sp³-hybridized carbons (Fsp3) is 0.243. The van der Waals surface area contributed by atoms with Gasteiger partial charge in [0.2, 0.25) is 0 Å². The molecule has 1 fully saturated rings. The van der Waals surface area contributed by atoms with Crippen molar-refractivity contribution in [2.24, 2.45) is 7.05 Å². The summed E-state index contributed by atoms with van der Waals surface area (Å²) in [5.41, 5.74) is 4.21. The lowest BCUT2D eigenvalue weighted by Crippen LogP contribution is -2.31. The van der Waals surface area contributed by atoms with Gasteiger partial charge >= 0.3 is 0 Å². The van der Waals surface area contributed by atoms with Crippen molar-refractivity contribution >= 4 is 16.7 Å². The molecular formula is C37H34F2N6O3. The van der Waals surface area contributed by atoms with Gasteiger partial charge in [0.25, 0.3) is 5.56 Å². The third-order valence-electron chi connectivity index (χ3n) is 8.89. The van der Waals surface area contributed by atoms with Gasteiger partial charge in [-0.15, -0.1) is 0 Å². The largest absolute Gasteiger partial charge is 0.454 e. The number of piperidine rings is 1. The Morgan fingerprint density at radius 1 is 0.958 bits per heavy atom. The number of aromatic nitrogens is 5. The zero-order chi connectivity index (χ0) is 33.4. The van der Waals surface area contributed by atoms with E-state index in [4.69, 9.17) is 4.74 Å². The highest BCUT2D eigenvalue weighted by Gasteiger charge is 2.27. The van der Waals surface area contributed by atoms with Crippen LogP contribution in [0.4, 0.5) is 8.78 Å². The minimum Gasteiger partial charge on any atom is -0.454 e. The quantitative estimate of drug-likeness (QED) is 0.171. The minimum absolute atomic E-state index is 0.00904. The molecule has 244 valence electrons. The molecule has 3 aromatic heterocycles. The van der Waals surface area contributed by atoms with E-state index in [1.807, 2.05) is 25.1 Å². The second-order valence-electron chi connectivity index (χ2n) is 12.2. The van der Waals surface area contributed by atoms with E-state index < -0.39 is 23.0 Å². The van der Waals surface area contributed by atoms with Crippen LogP contribution in [0.25, 0.3) is 27.7 Å². The van der Waals surface area contributed by atoms with Gasteiger partial charge in [0, 0.05) is 42.9 Å². The van der Waals surface area contributed by atoms with Crippen LogP contribution in [0.2, 0.25) is 0 Å². The summed E-state index contributed by atoms with van der Waals surface area (Å²) in [6, 6.07) is 17.4. The molecule has 0 radical (unpaired) electrons. The van der Waals surface area contributed by atoms with E-state index in [1.165, 1.54) is 41.1 Å². The predicted octanol–water partition coefficient (Wildman–Crippen LogP) is 6.90. The normalized spacial score (nSPS) is 13.7. The number of halogens is 2. The first-order chi connectivity index (χ1) is 23.2. The second kappa shape index (κ2) is 13.0. The zero-order valence-corrected chi connectivity index (χ0v) is 26.7. The molecule has 6 aromatic rings. The third-order valence-corrected chi connectivity index (χ3v) is 8.89. The Balaban J connectivity index is 1.19. The highest BCUT2D eigenvalue weighted by atomic mass is 19.1. The first kappa shape index (κ1) is 31.2. The molecule has 0 atom stereocenters. The molecule has 0 spiro atoms. The SMILES string of the molecule is Cc1cc(-c2cc3[nH]ncc3cc2Oc2ccc(CC(=O)c3c(CN4CCCCC4)n(C)n(-c4ccc(F)cc4)c3=O)cc2F)ccn1. The van der Waals surface area contributed by atoms with Crippen molar-refractivity contribution in [3.05, 3.63) is 124 Å². The number of ether oxygens (including phenoxy) is 1. The Morgan fingerprint density at radius 3 is 2.50 bits per heavy atom. The number of aromatic amines is 1. The smallest absolute Gasteiger partial charge is 0.282 e. The van der Waals surface area contributed by atoms with E-state index in [0.717, 1.165) is 60.1 Å². The summed E-state index contributed by atoms with van der Waals surface area (Å²) in [7, 11) is 1.73. The second-order valence-corrected chi connectivity index (χ2v) is 12.2. The predicted molar refractivity (Wildman–Crippen MR) is 179 cm³/mol. The number of H-pyrrole nitrogens is 1. The van der Waals surface area contributed by atoms with Crippen molar-refractivity contribution in [2.45, 2.75) is 39.2 Å². The topological polar surface area (TPSA) is 98.0 Å². The molecule has 0 aliphatic carbocycles. The molecule has 3 aromatic carbocycles. The fourth-order valence-electron chi connectivity index (χ4n) is 6.43. The number of Topliss-reactive ketones (excluding diaryl/α,β-unsaturated/α-hetero) is 1. The van der Waals surface area contributed by atoms with E-state index in [0.29, 0.717) is 29.2 Å². The molecule has 0 unspecified atom stereocenters. The molecule has 11 heteroatoms. The van der Waals surface area contributed by atoms with Crippen LogP contribution in [0.1, 0.15) is 46.6 Å². The Hall–Kier alpha value is -5.42. The number of pyridine rings is 1. The Morgan fingerprint density at radius 2 is 1.75 bits per heavy atom. The summed E-state index contributed by atoms with van der Waals surface area (Å²) in [5, 5.41) is 7.88. The zero-order valence-electron chi connectivity index (χ0n) is 26.7. The van der Waals surface area contributed by atoms with Gasteiger partial charge in [-0.1, -0.05) is 12.5 Å². The number of hydrogen-bond acceptors (Lipinski definition) is 6. The number of nitrogens with zero attached hydrogens (tertiary/aromatic N) is 5. The Bertz CT molecular complexity index is 2200. The van der Waals surface area contributed by atoms with Crippen LogP contribution in [-0.4, -0.2) is 48.3 Å². The van der Waals surface area contributed by atoms with E-state index in [1.54, 1.807) is 36.3 Å². The van der Waals surface area contributed by atoms with E-state index in [9.17, 15) is 14.0 Å². The lowest BCUT2D eigenvalue weighted by atomic mass is 10.0. The number of hydrogen-bond donors (Lipinski definition) is 1. The van der Waals surface area contributed by atoms with Gasteiger partial charge in [-0.3, -0.25) is 29.3 Å². The van der Waals surface area contributed by atoms with Crippen LogP contribution in [0.5, 0.6) is 11.5 Å². The summed E-state index contributed by atoms with van der Waals surface area (Å²) in [4.78, 5) is 34.2. The fourth-order valence-corrected chi connectivity index (χ4v) is 6.43. The number of rotatable bonds is 9. The number of nitrogens with one attached hydrogen (secondary N) is 1. The monoisotopic (exact) mass is 648 g/mol. The highest BCUT2D eigenvalue weighted by Crippen LogP contribution is 2.37. The third kappa shape index (κ3) is 6.16. The molecule has 7 rings (SSSR count). The van der Waals surface area contributed by atoms with Crippen molar-refractivity contribution in [3.8, 4) is 28.3 Å². The number of carbonyl (C=O) groups is 1. The first-order valence-corrected chi connectivity index (χ1v) is 15.9. The molecular weight excluding hydrogens is 614 g/mol. The molecule has 1 aliphatic heterocycles. The molecule has 0 bridgehead atoms. The summed E-state index contributed by atoms with van der Waals surface area (Å²) >= 11 is 0. The average Bonchev–Trinajstić information content (AvgIpc) is 3.63. The molecule has 1 N–H and O–H groups in total. The minimum atomic E-state index is -0.644. The molecule has 4 heterocycles. The maximum Gasteiger partial charge on any atom is 0.282 e. The van der Waals surface area contributed by atoms with Gasteiger partial charge in [0.1, 0.15) is 17.1 Å². The lowest BCUT2D eigenvalue weighted by Gasteiger charge is -2.26. The maximum absolute atomic E-state index is 15.7. The summed E-state index contributed by atoms with van der Waals surface area (Å²) in [6.07, 6.45) is 6.42. The van der Waals surface area contributed by atoms with Crippen LogP contribution >= 0.6 is 0 Å². The van der Waals surface area contributed by atoms with Crippen molar-refractivity contribution in [3.63, 3.8) is 0 Å². The molecule has 48 heavy (non-hydrogen) atoms. The van der Waals surface area contributed by atoms with E-state index in [-0.39, 0.29) is 17.7 Å². The number of fused-ring (bicyclic) bond motifs is 1. The summed E-state index contributed by atoms with van der Waals surface area (Å²) in [6.45, 7) is 4.05. The van der Waals surface area contributed by atoms with Crippen LogP contribution in [0.3, 0.4) is 0 Å². The molecule has 1 saturated heterocycles. The molecule has 1 aliphatic rings. The van der Waals surface area contributed by atoms with Gasteiger partial charge in [-0.25, -0.2) is 13.5 Å². The average molecular weight is 649 g/mol. The lowest BCUT2D eigenvalue weighted by molar-refractivity contribution is 0.0989. The van der Waals surface area contributed by atoms with E-state index >= 15 is 4.39 Å². The highest BCUT2D eigenvalue weighted by molar-refractivity contribution is 5.98. The van der Waals surface area contributed by atoms with Crippen molar-refractivity contribution in [2.75, 3.05) is 13.1 Å². The molecule has 0 amide bonds. The van der Waals surface area contributed by atoms with Crippen molar-refractivity contribution in [1.29, 1.82) is 0 Å². The van der Waals surface area contributed by atoms with Crippen LogP contribution in [0, 0.1) is 18.6 Å². The van der Waals surface area contributed by atoms with Crippen LogP contribution in [-0.2, 0) is 20.0 Å². The first-order valence-electron chi connectivity index (χ1n) is 15.9. The number of carbonyl (C=O) groups excluding carboxylic acids is 1. The number of likely N-dealkylation sites (tertiary alicyclic amines) is 1. The van der Waals surface area contributed by atoms with Crippen LogP contribution in [0.15, 0.2) is 83.9 Å². The summed E-state index contributed by atoms with van der Waals surface area (Å²) < 4.78 is 38.6. The van der Waals surface area contributed by atoms with Gasteiger partial charge in [0.05, 0.1) is 23.1 Å². The van der Waals surface area contributed by atoms with Crippen molar-refractivity contribution in [1.82, 2.24) is 29.4 Å². The number of aryl methyl sites for hydroxylation is 1. The van der Waals surface area contributed by atoms with Crippen LogP contribution < -0.4 is 10.3 Å². The molecule has 9 nitrogen and oxygen atoms in total. The Kier molecular flexibility index (Phi) is 8.45. The molecule has 0 saturated carbocycles. The Labute approximate surface area is 275 Å². The van der Waals surface area contributed by atoms with Gasteiger partial charge < -0.3 is 4.74 Å². The standard InChI is InChI=1S/C37H34F2N6O3/c1-23-16-25(12-13-40-23)29-20-31-26(21-41-42-31)19-35(29)48-34-11-6-24(17-30(34)39)18-33(46)36-32(22-44-14-4-3-5-15-44)43(2)45(37(36)47)28-9-7-27(38)8-10-28/h6-13,16-17,19-21H,3-5,14-15,18,22H2,1-2H3,(H,41,42).